The Kier molecular flexibility index (Phi) is 3.11. The predicted octanol–water partition coefficient (Wildman–Crippen LogP) is 2.72. The Hall–Kier alpha value is -0.810. The molecule has 1 aliphatic heterocycles. The molecule has 1 saturated carbocycles. The summed E-state index contributed by atoms with van der Waals surface area (Å²) in [7, 11) is 2.22. The number of hydrogen-bond donors (Lipinski definition) is 0. The predicted molar refractivity (Wildman–Crippen MR) is 61.3 cm³/mol. The van der Waals surface area contributed by atoms with Crippen LogP contribution in [0.5, 0.6) is 0 Å². The lowest BCUT2D eigenvalue weighted by Gasteiger charge is -2.43. The van der Waals surface area contributed by atoms with Crippen LogP contribution >= 0.6 is 0 Å². The highest BCUT2D eigenvalue weighted by Crippen LogP contribution is 2.45. The fourth-order valence-electron chi connectivity index (χ4n) is 2.93. The van der Waals surface area contributed by atoms with Gasteiger partial charge in [0.1, 0.15) is 0 Å². The van der Waals surface area contributed by atoms with E-state index in [1.165, 1.54) is 44.3 Å². The van der Waals surface area contributed by atoms with Crippen molar-refractivity contribution in [3.05, 3.63) is 11.6 Å². The second kappa shape index (κ2) is 4.37. The lowest BCUT2D eigenvalue weighted by atomic mass is 9.67. The number of rotatable bonds is 0. The van der Waals surface area contributed by atoms with Gasteiger partial charge >= 0.3 is 0 Å². The summed E-state index contributed by atoms with van der Waals surface area (Å²) in [6.45, 7) is 2.52. The quantitative estimate of drug-likeness (QED) is 0.567. The van der Waals surface area contributed by atoms with E-state index in [4.69, 9.17) is 5.26 Å². The number of likely N-dealkylation sites (tertiary alicyclic amines) is 1. The van der Waals surface area contributed by atoms with Gasteiger partial charge in [-0.1, -0.05) is 5.57 Å². The smallest absolute Gasteiger partial charge is 0.0911 e. The molecule has 0 radical (unpaired) electrons. The summed E-state index contributed by atoms with van der Waals surface area (Å²) in [5.74, 6) is 0. The summed E-state index contributed by atoms with van der Waals surface area (Å²) in [4.78, 5) is 2.44. The second-order valence-corrected chi connectivity index (χ2v) is 5.23. The Bertz CT molecular complexity index is 278. The highest BCUT2D eigenvalue weighted by atomic mass is 15.1. The molecule has 82 valence electrons. The van der Waals surface area contributed by atoms with E-state index in [-0.39, 0.29) is 0 Å². The Balaban J connectivity index is 1.93. The first kappa shape index (κ1) is 10.7. The molecule has 2 rings (SSSR count). The van der Waals surface area contributed by atoms with Gasteiger partial charge in [0.2, 0.25) is 0 Å². The number of nitriles is 1. The van der Waals surface area contributed by atoms with E-state index >= 15 is 0 Å². The van der Waals surface area contributed by atoms with Gasteiger partial charge in [-0.05, 0) is 64.1 Å². The van der Waals surface area contributed by atoms with Crippen LogP contribution in [-0.2, 0) is 0 Å². The van der Waals surface area contributed by atoms with Crippen LogP contribution in [0.3, 0.4) is 0 Å². The average molecular weight is 204 g/mol. The van der Waals surface area contributed by atoms with E-state index < -0.39 is 0 Å². The third-order valence-corrected chi connectivity index (χ3v) is 4.27. The summed E-state index contributed by atoms with van der Waals surface area (Å²) in [5.41, 5.74) is 2.00. The van der Waals surface area contributed by atoms with Gasteiger partial charge in [0, 0.05) is 6.08 Å². The SMILES string of the molecule is CN1CCC2(CCC(=CC#N)CC2)CC1. The highest BCUT2D eigenvalue weighted by Gasteiger charge is 2.35. The van der Waals surface area contributed by atoms with Crippen molar-refractivity contribution in [2.24, 2.45) is 5.41 Å². The molecule has 0 aromatic rings. The topological polar surface area (TPSA) is 27.0 Å². The van der Waals surface area contributed by atoms with E-state index in [0.717, 1.165) is 12.8 Å². The average Bonchev–Trinajstić information content (AvgIpc) is 2.27. The third kappa shape index (κ3) is 2.41. The molecule has 0 aromatic heterocycles. The van der Waals surface area contributed by atoms with E-state index in [1.54, 1.807) is 6.08 Å². The number of allylic oxidation sites excluding steroid dienone is 2. The van der Waals surface area contributed by atoms with Crippen LogP contribution in [-0.4, -0.2) is 25.0 Å². The molecule has 0 bridgehead atoms. The molecule has 15 heavy (non-hydrogen) atoms. The Morgan fingerprint density at radius 1 is 1.20 bits per heavy atom. The van der Waals surface area contributed by atoms with Gasteiger partial charge in [-0.25, -0.2) is 0 Å². The second-order valence-electron chi connectivity index (χ2n) is 5.23. The fourth-order valence-corrected chi connectivity index (χ4v) is 2.93. The van der Waals surface area contributed by atoms with Crippen molar-refractivity contribution in [3.8, 4) is 6.07 Å². The first-order chi connectivity index (χ1) is 7.24. The summed E-state index contributed by atoms with van der Waals surface area (Å²) in [6, 6.07) is 2.17. The van der Waals surface area contributed by atoms with Crippen LogP contribution in [0, 0.1) is 16.7 Å². The lowest BCUT2D eigenvalue weighted by Crippen LogP contribution is -2.39. The molecule has 0 amide bonds. The molecular formula is C13H20N2. The summed E-state index contributed by atoms with van der Waals surface area (Å²) in [6.07, 6.45) is 9.45. The Morgan fingerprint density at radius 2 is 1.80 bits per heavy atom. The van der Waals surface area contributed by atoms with E-state index in [9.17, 15) is 0 Å². The Labute approximate surface area is 92.6 Å². The molecule has 2 nitrogen and oxygen atoms in total. The van der Waals surface area contributed by atoms with Crippen molar-refractivity contribution < 1.29 is 0 Å². The maximum Gasteiger partial charge on any atom is 0.0911 e. The maximum absolute atomic E-state index is 8.62. The van der Waals surface area contributed by atoms with Gasteiger partial charge in [0.25, 0.3) is 0 Å². The Morgan fingerprint density at radius 3 is 2.33 bits per heavy atom. The largest absolute Gasteiger partial charge is 0.306 e. The molecule has 1 saturated heterocycles. The molecule has 2 aliphatic rings. The zero-order valence-electron chi connectivity index (χ0n) is 9.63. The van der Waals surface area contributed by atoms with Crippen LogP contribution in [0.15, 0.2) is 11.6 Å². The van der Waals surface area contributed by atoms with Crippen molar-refractivity contribution in [3.63, 3.8) is 0 Å². The number of piperidine rings is 1. The number of nitrogens with zero attached hydrogens (tertiary/aromatic N) is 2. The van der Waals surface area contributed by atoms with Gasteiger partial charge in [0.15, 0.2) is 0 Å². The maximum atomic E-state index is 8.62. The monoisotopic (exact) mass is 204 g/mol. The molecule has 0 unspecified atom stereocenters. The van der Waals surface area contributed by atoms with E-state index in [1.807, 2.05) is 0 Å². The van der Waals surface area contributed by atoms with Crippen LogP contribution in [0.2, 0.25) is 0 Å². The fraction of sp³-hybridized carbons (Fsp3) is 0.769. The lowest BCUT2D eigenvalue weighted by molar-refractivity contribution is 0.0924. The van der Waals surface area contributed by atoms with Crippen molar-refractivity contribution in [2.75, 3.05) is 20.1 Å². The summed E-state index contributed by atoms with van der Waals surface area (Å²) >= 11 is 0. The zero-order valence-corrected chi connectivity index (χ0v) is 9.63. The third-order valence-electron chi connectivity index (χ3n) is 4.27. The molecule has 1 spiro atoms. The van der Waals surface area contributed by atoms with Gasteiger partial charge in [-0.2, -0.15) is 5.26 Å². The van der Waals surface area contributed by atoms with E-state index in [2.05, 4.69) is 18.0 Å². The van der Waals surface area contributed by atoms with Gasteiger partial charge in [-0.3, -0.25) is 0 Å². The zero-order chi connectivity index (χ0) is 10.7. The molecular weight excluding hydrogens is 184 g/mol. The summed E-state index contributed by atoms with van der Waals surface area (Å²) < 4.78 is 0. The molecule has 0 atom stereocenters. The van der Waals surface area contributed by atoms with Crippen molar-refractivity contribution in [1.29, 1.82) is 5.26 Å². The van der Waals surface area contributed by atoms with E-state index in [0.29, 0.717) is 5.41 Å². The van der Waals surface area contributed by atoms with Crippen molar-refractivity contribution in [1.82, 2.24) is 4.90 Å². The van der Waals surface area contributed by atoms with Crippen molar-refractivity contribution >= 4 is 0 Å². The molecule has 0 aromatic carbocycles. The normalized spacial score (nSPS) is 26.3. The first-order valence-electron chi connectivity index (χ1n) is 6.00. The minimum absolute atomic E-state index is 0.624. The highest BCUT2D eigenvalue weighted by molar-refractivity contribution is 5.16. The molecule has 2 heteroatoms. The minimum atomic E-state index is 0.624. The minimum Gasteiger partial charge on any atom is -0.306 e. The van der Waals surface area contributed by atoms with Crippen LogP contribution in [0.1, 0.15) is 38.5 Å². The molecule has 2 fully saturated rings. The van der Waals surface area contributed by atoms with Crippen LogP contribution in [0.4, 0.5) is 0 Å². The molecule has 1 aliphatic carbocycles. The standard InChI is InChI=1S/C13H20N2/c1-15-10-7-13(8-11-15)5-2-12(3-6-13)4-9-14/h4H,2-3,5-8,10-11H2,1H3. The summed E-state index contributed by atoms with van der Waals surface area (Å²) in [5, 5.41) is 8.62. The van der Waals surface area contributed by atoms with Crippen LogP contribution < -0.4 is 0 Å². The number of hydrogen-bond acceptors (Lipinski definition) is 2. The first-order valence-corrected chi connectivity index (χ1v) is 6.00. The van der Waals surface area contributed by atoms with Gasteiger partial charge < -0.3 is 4.90 Å². The van der Waals surface area contributed by atoms with Gasteiger partial charge in [0.05, 0.1) is 6.07 Å². The van der Waals surface area contributed by atoms with Crippen LogP contribution in [0.25, 0.3) is 0 Å². The van der Waals surface area contributed by atoms with Crippen molar-refractivity contribution in [2.45, 2.75) is 38.5 Å². The van der Waals surface area contributed by atoms with Gasteiger partial charge in [-0.15, -0.1) is 0 Å². The molecule has 0 N–H and O–H groups in total. The molecule has 1 heterocycles.